The number of aryl methyl sites for hydroxylation is 3. The lowest BCUT2D eigenvalue weighted by Gasteiger charge is -2.35. The van der Waals surface area contributed by atoms with Crippen LogP contribution in [0.5, 0.6) is 5.75 Å². The van der Waals surface area contributed by atoms with E-state index in [1.165, 1.54) is 11.1 Å². The highest BCUT2D eigenvalue weighted by Gasteiger charge is 2.44. The van der Waals surface area contributed by atoms with Gasteiger partial charge in [-0.05, 0) is 86.2 Å². The molecule has 1 fully saturated rings. The van der Waals surface area contributed by atoms with Crippen LogP contribution in [-0.4, -0.2) is 114 Å². The molecular weight excluding hydrogens is 1040 g/mol. The van der Waals surface area contributed by atoms with Gasteiger partial charge in [-0.15, -0.1) is 32.9 Å². The monoisotopic (exact) mass is 1100 g/mol. The summed E-state index contributed by atoms with van der Waals surface area (Å²) in [6.07, 6.45) is 2.77. The first-order valence-corrected chi connectivity index (χ1v) is 27.3. The lowest BCUT2D eigenvalue weighted by Crippen LogP contribution is -2.58. The van der Waals surface area contributed by atoms with Crippen LogP contribution in [-0.2, 0) is 30.5 Å². The molecule has 4 atom stereocenters. The van der Waals surface area contributed by atoms with Crippen molar-refractivity contribution in [3.05, 3.63) is 140 Å². The number of thiophene rings is 1. The first-order chi connectivity index (χ1) is 36.9. The minimum Gasteiger partial charge on any atom is -0.494 e. The number of aliphatic hydroxyl groups excluding tert-OH is 1. The molecule has 0 radical (unpaired) electrons. The molecule has 2 aliphatic rings. The van der Waals surface area contributed by atoms with E-state index in [-0.39, 0.29) is 56.8 Å². The van der Waals surface area contributed by atoms with E-state index in [4.69, 9.17) is 26.1 Å². The molecule has 77 heavy (non-hydrogen) atoms. The van der Waals surface area contributed by atoms with Gasteiger partial charge in [0.05, 0.1) is 65.6 Å². The summed E-state index contributed by atoms with van der Waals surface area (Å²) in [5.41, 5.74) is 9.09. The number of carbonyl (C=O) groups excluding carboxylic acids is 4. The molecule has 400 valence electrons. The van der Waals surface area contributed by atoms with Crippen molar-refractivity contribution in [2.24, 2.45) is 10.4 Å². The van der Waals surface area contributed by atoms with Crippen molar-refractivity contribution in [2.45, 2.75) is 98.5 Å². The van der Waals surface area contributed by atoms with Gasteiger partial charge in [0.1, 0.15) is 41.3 Å². The molecule has 2 aliphatic heterocycles. The summed E-state index contributed by atoms with van der Waals surface area (Å²) in [5, 5.41) is 29.7. The number of anilines is 1. The molecule has 7 aromatic rings. The number of amides is 4. The van der Waals surface area contributed by atoms with Crippen molar-refractivity contribution in [2.75, 3.05) is 31.7 Å². The number of benzene rings is 3. The summed E-state index contributed by atoms with van der Waals surface area (Å²) >= 11 is 9.47. The second kappa shape index (κ2) is 23.6. The first-order valence-electron chi connectivity index (χ1n) is 25.3. The average Bonchev–Trinajstić information content (AvgIpc) is 4.20. The molecular formula is C56H60ClN11O7S2. The Kier molecular flexibility index (Phi) is 16.7. The third kappa shape index (κ3) is 12.6. The summed E-state index contributed by atoms with van der Waals surface area (Å²) in [7, 11) is 0. The number of aliphatic hydroxyl groups is 1. The molecule has 3 aromatic carbocycles. The fourth-order valence-electron chi connectivity index (χ4n) is 9.26. The normalized spacial score (nSPS) is 16.5. The minimum absolute atomic E-state index is 0.0156. The van der Waals surface area contributed by atoms with Crippen LogP contribution in [0.2, 0.25) is 5.02 Å². The van der Waals surface area contributed by atoms with Crippen LogP contribution in [0.3, 0.4) is 0 Å². The summed E-state index contributed by atoms with van der Waals surface area (Å²) in [4.78, 5) is 76.5. The van der Waals surface area contributed by atoms with Gasteiger partial charge in [0.15, 0.2) is 11.6 Å². The van der Waals surface area contributed by atoms with Crippen LogP contribution >= 0.6 is 34.3 Å². The smallest absolute Gasteiger partial charge is 0.246 e. The number of β-amino-alcohol motifs (C(OH)–C–C–N with tert-alkyl or cyclic N) is 1. The van der Waals surface area contributed by atoms with Crippen molar-refractivity contribution >= 4 is 69.4 Å². The average molecular weight is 1100 g/mol. The number of carbonyl (C=O) groups is 4. The predicted octanol–water partition coefficient (Wildman–Crippen LogP) is 8.31. The van der Waals surface area contributed by atoms with Gasteiger partial charge in [0.25, 0.3) is 0 Å². The van der Waals surface area contributed by atoms with Crippen molar-refractivity contribution < 1.29 is 33.8 Å². The maximum absolute atomic E-state index is 14.0. The molecule has 4 amide bonds. The van der Waals surface area contributed by atoms with Gasteiger partial charge >= 0.3 is 0 Å². The maximum Gasteiger partial charge on any atom is 0.246 e. The molecule has 0 aliphatic carbocycles. The Morgan fingerprint density at radius 2 is 1.60 bits per heavy atom. The minimum atomic E-state index is -0.980. The third-order valence-electron chi connectivity index (χ3n) is 13.5. The molecule has 21 heteroatoms. The van der Waals surface area contributed by atoms with Gasteiger partial charge < -0.3 is 35.4 Å². The zero-order chi connectivity index (χ0) is 54.5. The summed E-state index contributed by atoms with van der Waals surface area (Å²) in [6, 6.07) is 20.2. The van der Waals surface area contributed by atoms with Gasteiger partial charge in [-0.25, -0.2) is 9.97 Å². The molecule has 1 saturated heterocycles. The zero-order valence-electron chi connectivity index (χ0n) is 43.8. The number of thiazole rings is 1. The lowest BCUT2D eigenvalue weighted by atomic mass is 9.85. The Morgan fingerprint density at radius 1 is 0.870 bits per heavy atom. The van der Waals surface area contributed by atoms with E-state index in [0.29, 0.717) is 41.1 Å². The summed E-state index contributed by atoms with van der Waals surface area (Å²) < 4.78 is 13.6. The van der Waals surface area contributed by atoms with E-state index in [2.05, 4.69) is 54.9 Å². The first kappa shape index (κ1) is 54.6. The molecule has 0 saturated carbocycles. The number of ether oxygens (including phenoxy) is 2. The molecule has 6 heterocycles. The molecule has 0 spiro atoms. The fraction of sp³-hybridized carbons (Fsp3) is 0.357. The number of hydrogen-bond acceptors (Lipinski definition) is 15. The van der Waals surface area contributed by atoms with Gasteiger partial charge in [-0.3, -0.25) is 33.7 Å². The Bertz CT molecular complexity index is 3300. The van der Waals surface area contributed by atoms with E-state index in [9.17, 15) is 24.3 Å². The summed E-state index contributed by atoms with van der Waals surface area (Å²) in [5.74, 6) is 0.559. The van der Waals surface area contributed by atoms with Crippen LogP contribution in [0, 0.1) is 33.1 Å². The van der Waals surface area contributed by atoms with Gasteiger partial charge in [0.2, 0.25) is 23.6 Å². The van der Waals surface area contributed by atoms with E-state index < -0.39 is 41.5 Å². The molecule has 0 bridgehead atoms. The topological polar surface area (TPSA) is 228 Å². The second-order valence-corrected chi connectivity index (χ2v) is 22.7. The number of aliphatic imine (C=N–C) groups is 1. The van der Waals surface area contributed by atoms with Gasteiger partial charge in [-0.1, -0.05) is 68.8 Å². The van der Waals surface area contributed by atoms with Crippen LogP contribution in [0.15, 0.2) is 95.7 Å². The van der Waals surface area contributed by atoms with Gasteiger partial charge in [-0.2, -0.15) is 0 Å². The number of halogens is 1. The highest BCUT2D eigenvalue weighted by molar-refractivity contribution is 7.15. The lowest BCUT2D eigenvalue weighted by molar-refractivity contribution is -0.144. The Hall–Kier alpha value is -7.23. The van der Waals surface area contributed by atoms with Crippen molar-refractivity contribution in [3.8, 4) is 32.4 Å². The quantitative estimate of drug-likeness (QED) is 0.0595. The van der Waals surface area contributed by atoms with Crippen LogP contribution in [0.1, 0.15) is 90.5 Å². The van der Waals surface area contributed by atoms with Gasteiger partial charge in [0, 0.05) is 52.5 Å². The van der Waals surface area contributed by atoms with Crippen LogP contribution in [0.4, 0.5) is 5.82 Å². The van der Waals surface area contributed by atoms with E-state index in [0.717, 1.165) is 59.5 Å². The summed E-state index contributed by atoms with van der Waals surface area (Å²) in [6.45, 7) is 14.0. The number of aromatic nitrogens is 6. The van der Waals surface area contributed by atoms with Crippen molar-refractivity contribution in [1.29, 1.82) is 0 Å². The number of hydrogen-bond donors (Lipinski definition) is 4. The third-order valence-corrected chi connectivity index (χ3v) is 15.9. The number of rotatable bonds is 18. The maximum atomic E-state index is 14.0. The Labute approximate surface area is 459 Å². The molecule has 4 aromatic heterocycles. The van der Waals surface area contributed by atoms with Crippen molar-refractivity contribution in [1.82, 2.24) is 45.2 Å². The molecule has 0 unspecified atom stereocenters. The Balaban J connectivity index is 0.719. The number of fused-ring (bicyclic) bond motifs is 3. The van der Waals surface area contributed by atoms with Crippen molar-refractivity contribution in [3.63, 3.8) is 0 Å². The zero-order valence-corrected chi connectivity index (χ0v) is 46.2. The predicted molar refractivity (Wildman–Crippen MR) is 297 cm³/mol. The standard InChI is InChI=1S/C56H60ClN11O7S2/c1-31-33(3)77-55-48(31)49(37-13-17-39(57)18-14-37)62-42(52-66-65-34(4)68(52)55)24-46(70)63-45-27-58-43(26-59-45)36-15-19-41(20-16-36)75-22-8-21-74-29-47(71)64-51(56(5,6)7)54(73)67-28-40(69)23-44(67)53(72)60-25-35-9-11-38(12-10-35)50-32(2)61-30-76-50/h9-20,26-27,30,40,42,44,51,69H,8,21-25,28-29H2,1-7H3,(H,60,72)(H,64,71)(H,59,63,70)/t40-,42+,44+,51-/m1/s1. The SMILES string of the molecule is Cc1ncsc1-c1ccc(CNC(=O)[C@@H]2C[C@@H](O)CN2C(=O)[C@@H](NC(=O)COCCCOc2ccc(-c3cnc(NC(=O)C[C@@H]4N=C(c5ccc(Cl)cc5)c5c(sc(C)c5C)-n5c(C)nnc54)cn3)cc2)C(C)(C)C)cc1. The van der Waals surface area contributed by atoms with E-state index in [1.54, 1.807) is 28.9 Å². The van der Waals surface area contributed by atoms with E-state index >= 15 is 0 Å². The largest absolute Gasteiger partial charge is 0.494 e. The van der Waals surface area contributed by atoms with E-state index in [1.807, 2.05) is 117 Å². The van der Waals surface area contributed by atoms with Crippen LogP contribution < -0.4 is 20.7 Å². The number of likely N-dealkylation sites (tertiary alicyclic amines) is 1. The number of nitrogens with one attached hydrogen (secondary N) is 3. The molecule has 4 N–H and O–H groups in total. The highest BCUT2D eigenvalue weighted by atomic mass is 35.5. The molecule has 9 rings (SSSR count). The Morgan fingerprint density at radius 3 is 2.29 bits per heavy atom. The molecule has 18 nitrogen and oxygen atoms in total. The van der Waals surface area contributed by atoms with Crippen LogP contribution in [0.25, 0.3) is 26.7 Å². The number of nitrogens with zero attached hydrogens (tertiary/aromatic N) is 8. The fourth-order valence-corrected chi connectivity index (χ4v) is 11.4. The second-order valence-electron chi connectivity index (χ2n) is 20.2. The highest BCUT2D eigenvalue weighted by Crippen LogP contribution is 2.40.